The first-order valence-corrected chi connectivity index (χ1v) is 4.77. The molecule has 3 nitrogen and oxygen atoms in total. The molecule has 1 aromatic rings. The minimum absolute atomic E-state index is 0.0918. The number of aromatic nitrogens is 1. The Balaban J connectivity index is 3.13. The second kappa shape index (κ2) is 4.78. The van der Waals surface area contributed by atoms with Gasteiger partial charge < -0.3 is 9.47 Å². The van der Waals surface area contributed by atoms with E-state index in [1.54, 1.807) is 6.92 Å². The standard InChI is InChI=1S/C9H9ClF3NO2/c1-5-3-7(16-9(11,12)13)8(15-2)14-6(5)4-10/h3H,4H2,1-2H3. The Morgan fingerprint density at radius 3 is 2.50 bits per heavy atom. The van der Waals surface area contributed by atoms with Crippen molar-refractivity contribution in [3.8, 4) is 11.6 Å². The highest BCUT2D eigenvalue weighted by molar-refractivity contribution is 6.17. The van der Waals surface area contributed by atoms with E-state index >= 15 is 0 Å². The maximum absolute atomic E-state index is 12.0. The first-order valence-electron chi connectivity index (χ1n) is 4.23. The summed E-state index contributed by atoms with van der Waals surface area (Å²) in [5.41, 5.74) is 0.961. The van der Waals surface area contributed by atoms with Crippen molar-refractivity contribution in [3.63, 3.8) is 0 Å². The smallest absolute Gasteiger partial charge is 0.478 e. The van der Waals surface area contributed by atoms with E-state index in [2.05, 4.69) is 9.72 Å². The summed E-state index contributed by atoms with van der Waals surface area (Å²) in [6, 6.07) is 1.19. The Morgan fingerprint density at radius 2 is 2.06 bits per heavy atom. The first-order chi connectivity index (χ1) is 7.37. The number of nitrogens with zero attached hydrogens (tertiary/aromatic N) is 1. The van der Waals surface area contributed by atoms with Crippen LogP contribution in [0.25, 0.3) is 0 Å². The molecule has 0 fully saturated rings. The molecule has 1 rings (SSSR count). The number of alkyl halides is 4. The predicted molar refractivity (Wildman–Crippen MR) is 51.8 cm³/mol. The first kappa shape index (κ1) is 12.9. The van der Waals surface area contributed by atoms with Crippen molar-refractivity contribution in [2.75, 3.05) is 7.11 Å². The Labute approximate surface area is 95.1 Å². The van der Waals surface area contributed by atoms with Crippen molar-refractivity contribution in [2.45, 2.75) is 19.2 Å². The molecule has 0 aliphatic heterocycles. The molecule has 1 heterocycles. The average Bonchev–Trinajstić information content (AvgIpc) is 2.16. The van der Waals surface area contributed by atoms with Gasteiger partial charge in [0.05, 0.1) is 18.7 Å². The summed E-state index contributed by atoms with van der Waals surface area (Å²) in [6.07, 6.45) is -4.77. The minimum Gasteiger partial charge on any atom is -0.478 e. The Bertz CT molecular complexity index is 382. The molecule has 0 bridgehead atoms. The second-order valence-corrected chi connectivity index (χ2v) is 3.21. The van der Waals surface area contributed by atoms with Crippen LogP contribution in [0.15, 0.2) is 6.07 Å². The van der Waals surface area contributed by atoms with Crippen LogP contribution in [-0.2, 0) is 5.88 Å². The summed E-state index contributed by atoms with van der Waals surface area (Å²) < 4.78 is 44.6. The molecule has 0 N–H and O–H groups in total. The Kier molecular flexibility index (Phi) is 3.85. The quantitative estimate of drug-likeness (QED) is 0.778. The normalized spacial score (nSPS) is 11.4. The molecule has 0 radical (unpaired) electrons. The lowest BCUT2D eigenvalue weighted by atomic mass is 10.2. The van der Waals surface area contributed by atoms with Gasteiger partial charge in [0.15, 0.2) is 5.75 Å². The summed E-state index contributed by atoms with van der Waals surface area (Å²) in [7, 11) is 1.21. The van der Waals surface area contributed by atoms with E-state index in [0.29, 0.717) is 11.3 Å². The molecule has 0 aliphatic carbocycles. The van der Waals surface area contributed by atoms with Gasteiger partial charge in [0.2, 0.25) is 0 Å². The summed E-state index contributed by atoms with van der Waals surface area (Å²) in [6.45, 7) is 1.59. The third-order valence-electron chi connectivity index (χ3n) is 1.80. The van der Waals surface area contributed by atoms with Gasteiger partial charge in [-0.05, 0) is 18.6 Å². The number of hydrogen-bond acceptors (Lipinski definition) is 3. The number of rotatable bonds is 3. The summed E-state index contributed by atoms with van der Waals surface area (Å²) in [4.78, 5) is 3.81. The lowest BCUT2D eigenvalue weighted by molar-refractivity contribution is -0.275. The zero-order chi connectivity index (χ0) is 12.3. The molecule has 0 amide bonds. The number of pyridine rings is 1. The third kappa shape index (κ3) is 3.16. The average molecular weight is 256 g/mol. The van der Waals surface area contributed by atoms with Gasteiger partial charge >= 0.3 is 6.36 Å². The highest BCUT2D eigenvalue weighted by Gasteiger charge is 2.33. The van der Waals surface area contributed by atoms with Gasteiger partial charge in [-0.25, -0.2) is 4.98 Å². The Hall–Kier alpha value is -1.17. The molecule has 0 unspecified atom stereocenters. The SMILES string of the molecule is COc1nc(CCl)c(C)cc1OC(F)(F)F. The number of aryl methyl sites for hydroxylation is 1. The Morgan fingerprint density at radius 1 is 1.44 bits per heavy atom. The monoisotopic (exact) mass is 255 g/mol. The van der Waals surface area contributed by atoms with Crippen LogP contribution in [0, 0.1) is 6.92 Å². The number of halogens is 4. The third-order valence-corrected chi connectivity index (χ3v) is 2.05. The van der Waals surface area contributed by atoms with Crippen LogP contribution in [0.3, 0.4) is 0 Å². The van der Waals surface area contributed by atoms with Crippen LogP contribution in [0.4, 0.5) is 13.2 Å². The molecular formula is C9H9ClF3NO2. The molecule has 90 valence electrons. The molecule has 0 aliphatic rings. The van der Waals surface area contributed by atoms with E-state index in [1.807, 2.05) is 0 Å². The van der Waals surface area contributed by atoms with E-state index in [-0.39, 0.29) is 11.8 Å². The summed E-state index contributed by atoms with van der Waals surface area (Å²) in [5.74, 6) is -0.617. The van der Waals surface area contributed by atoms with Gasteiger partial charge in [0, 0.05) is 0 Å². The topological polar surface area (TPSA) is 31.4 Å². The van der Waals surface area contributed by atoms with Gasteiger partial charge in [-0.1, -0.05) is 0 Å². The van der Waals surface area contributed by atoms with E-state index in [4.69, 9.17) is 16.3 Å². The second-order valence-electron chi connectivity index (χ2n) is 2.94. The maximum Gasteiger partial charge on any atom is 0.573 e. The number of ether oxygens (including phenoxy) is 2. The van der Waals surface area contributed by atoms with Gasteiger partial charge in [0.1, 0.15) is 0 Å². The van der Waals surface area contributed by atoms with Crippen LogP contribution >= 0.6 is 11.6 Å². The molecule has 0 aromatic carbocycles. The highest BCUT2D eigenvalue weighted by atomic mass is 35.5. The fourth-order valence-corrected chi connectivity index (χ4v) is 1.36. The molecule has 0 saturated heterocycles. The highest BCUT2D eigenvalue weighted by Crippen LogP contribution is 2.32. The molecule has 16 heavy (non-hydrogen) atoms. The van der Waals surface area contributed by atoms with Crippen LogP contribution in [0.2, 0.25) is 0 Å². The molecular weight excluding hydrogens is 247 g/mol. The van der Waals surface area contributed by atoms with E-state index in [0.717, 1.165) is 0 Å². The van der Waals surface area contributed by atoms with Crippen molar-refractivity contribution >= 4 is 11.6 Å². The van der Waals surface area contributed by atoms with Crippen molar-refractivity contribution in [3.05, 3.63) is 17.3 Å². The van der Waals surface area contributed by atoms with Crippen LogP contribution in [0.1, 0.15) is 11.3 Å². The minimum atomic E-state index is -4.77. The lowest BCUT2D eigenvalue weighted by Gasteiger charge is -2.13. The molecule has 1 aromatic heterocycles. The van der Waals surface area contributed by atoms with E-state index in [1.165, 1.54) is 13.2 Å². The summed E-state index contributed by atoms with van der Waals surface area (Å²) in [5, 5.41) is 0. The summed E-state index contributed by atoms with van der Waals surface area (Å²) >= 11 is 5.57. The van der Waals surface area contributed by atoms with Crippen LogP contribution in [-0.4, -0.2) is 18.5 Å². The van der Waals surface area contributed by atoms with Gasteiger partial charge in [-0.15, -0.1) is 24.8 Å². The van der Waals surface area contributed by atoms with Crippen molar-refractivity contribution in [1.29, 1.82) is 0 Å². The predicted octanol–water partition coefficient (Wildman–Crippen LogP) is 3.04. The fourth-order valence-electron chi connectivity index (χ4n) is 1.09. The zero-order valence-corrected chi connectivity index (χ0v) is 9.32. The van der Waals surface area contributed by atoms with E-state index in [9.17, 15) is 13.2 Å². The van der Waals surface area contributed by atoms with Gasteiger partial charge in [-0.3, -0.25) is 0 Å². The largest absolute Gasteiger partial charge is 0.573 e. The number of methoxy groups -OCH3 is 1. The zero-order valence-electron chi connectivity index (χ0n) is 8.56. The van der Waals surface area contributed by atoms with Gasteiger partial charge in [0.25, 0.3) is 5.88 Å². The van der Waals surface area contributed by atoms with E-state index < -0.39 is 12.1 Å². The van der Waals surface area contributed by atoms with Crippen molar-refractivity contribution in [1.82, 2.24) is 4.98 Å². The van der Waals surface area contributed by atoms with Crippen molar-refractivity contribution < 1.29 is 22.6 Å². The molecule has 7 heteroatoms. The molecule has 0 atom stereocenters. The van der Waals surface area contributed by atoms with Gasteiger partial charge in [-0.2, -0.15) is 0 Å². The number of hydrogen-bond donors (Lipinski definition) is 0. The van der Waals surface area contributed by atoms with Crippen molar-refractivity contribution in [2.24, 2.45) is 0 Å². The van der Waals surface area contributed by atoms with Crippen LogP contribution < -0.4 is 9.47 Å². The molecule has 0 spiro atoms. The fraction of sp³-hybridized carbons (Fsp3) is 0.444. The lowest BCUT2D eigenvalue weighted by Crippen LogP contribution is -2.18. The van der Waals surface area contributed by atoms with Crippen LogP contribution in [0.5, 0.6) is 11.6 Å². The maximum atomic E-state index is 12.0. The molecule has 0 saturated carbocycles.